The quantitative estimate of drug-likeness (QED) is 0.713. The van der Waals surface area contributed by atoms with Gasteiger partial charge in [-0.15, -0.1) is 0 Å². The molecule has 0 spiro atoms. The summed E-state index contributed by atoms with van der Waals surface area (Å²) in [5, 5.41) is 2.10. The van der Waals surface area contributed by atoms with Crippen LogP contribution in [0.3, 0.4) is 0 Å². The van der Waals surface area contributed by atoms with E-state index in [4.69, 9.17) is 34.8 Å². The van der Waals surface area contributed by atoms with Gasteiger partial charge in [-0.25, -0.2) is 0 Å². The van der Waals surface area contributed by atoms with Crippen molar-refractivity contribution in [1.29, 1.82) is 0 Å². The summed E-state index contributed by atoms with van der Waals surface area (Å²) >= 11 is 18.6. The van der Waals surface area contributed by atoms with E-state index in [1.54, 1.807) is 12.1 Å². The molecule has 0 unspecified atom stereocenters. The summed E-state index contributed by atoms with van der Waals surface area (Å²) in [6, 6.07) is 3.48. The Kier molecular flexibility index (Phi) is 3.90. The van der Waals surface area contributed by atoms with Crippen LogP contribution in [-0.4, -0.2) is 10.4 Å². The fourth-order valence-electron chi connectivity index (χ4n) is 2.12. The Morgan fingerprint density at radius 1 is 1.28 bits per heavy atom. The van der Waals surface area contributed by atoms with Crippen molar-refractivity contribution in [3.63, 3.8) is 0 Å². The maximum absolute atomic E-state index is 11.7. The monoisotopic (exact) mass is 303 g/mol. The van der Waals surface area contributed by atoms with E-state index in [0.29, 0.717) is 27.3 Å². The van der Waals surface area contributed by atoms with Gasteiger partial charge in [0, 0.05) is 11.9 Å². The van der Waals surface area contributed by atoms with Gasteiger partial charge >= 0.3 is 0 Å². The number of nitrogens with zero attached hydrogens (tertiary/aromatic N) is 1. The van der Waals surface area contributed by atoms with Gasteiger partial charge in [0.05, 0.1) is 21.1 Å². The van der Waals surface area contributed by atoms with Crippen LogP contribution in [0.1, 0.15) is 30.6 Å². The molecule has 5 heteroatoms. The summed E-state index contributed by atoms with van der Waals surface area (Å²) in [7, 11) is 0. The standard InChI is InChI=1S/C13H12Cl3NO/c1-3-6-17-12-8(4-5-9(14)11(12)15)10(7(2)18)13(17)16/h4-5H,3,6H2,1-2H3. The third-order valence-corrected chi connectivity index (χ3v) is 4.04. The summed E-state index contributed by atoms with van der Waals surface area (Å²) in [6.07, 6.45) is 0.893. The van der Waals surface area contributed by atoms with Gasteiger partial charge in [-0.1, -0.05) is 47.8 Å². The highest BCUT2D eigenvalue weighted by atomic mass is 35.5. The molecule has 0 aliphatic heterocycles. The zero-order chi connectivity index (χ0) is 13.4. The van der Waals surface area contributed by atoms with Gasteiger partial charge < -0.3 is 4.57 Å². The van der Waals surface area contributed by atoms with E-state index in [1.165, 1.54) is 6.92 Å². The molecule has 1 heterocycles. The third kappa shape index (κ3) is 2.03. The second-order valence-corrected chi connectivity index (χ2v) is 5.27. The minimum atomic E-state index is -0.0711. The molecule has 2 aromatic rings. The summed E-state index contributed by atoms with van der Waals surface area (Å²) in [6.45, 7) is 4.23. The van der Waals surface area contributed by atoms with Crippen molar-refractivity contribution in [3.8, 4) is 0 Å². The molecule has 0 radical (unpaired) electrons. The van der Waals surface area contributed by atoms with E-state index < -0.39 is 0 Å². The Morgan fingerprint density at radius 2 is 1.94 bits per heavy atom. The van der Waals surface area contributed by atoms with Crippen LogP contribution in [0.4, 0.5) is 0 Å². The van der Waals surface area contributed by atoms with Crippen LogP contribution >= 0.6 is 34.8 Å². The average molecular weight is 305 g/mol. The van der Waals surface area contributed by atoms with Crippen LogP contribution in [0.25, 0.3) is 10.9 Å². The van der Waals surface area contributed by atoms with Gasteiger partial charge in [-0.2, -0.15) is 0 Å². The zero-order valence-corrected chi connectivity index (χ0v) is 12.3. The topological polar surface area (TPSA) is 22.0 Å². The number of halogens is 3. The lowest BCUT2D eigenvalue weighted by Crippen LogP contribution is -1.98. The van der Waals surface area contributed by atoms with Crippen LogP contribution < -0.4 is 0 Å². The van der Waals surface area contributed by atoms with Crippen molar-refractivity contribution in [2.24, 2.45) is 0 Å². The van der Waals surface area contributed by atoms with Gasteiger partial charge in [0.15, 0.2) is 5.78 Å². The summed E-state index contributed by atoms with van der Waals surface area (Å²) < 4.78 is 1.85. The van der Waals surface area contributed by atoms with Crippen molar-refractivity contribution in [3.05, 3.63) is 32.9 Å². The first-order valence-corrected chi connectivity index (χ1v) is 6.79. The summed E-state index contributed by atoms with van der Waals surface area (Å²) in [4.78, 5) is 11.7. The highest BCUT2D eigenvalue weighted by Gasteiger charge is 2.21. The maximum atomic E-state index is 11.7. The summed E-state index contributed by atoms with van der Waals surface area (Å²) in [5.74, 6) is -0.0711. The van der Waals surface area contributed by atoms with Crippen LogP contribution in [-0.2, 0) is 6.54 Å². The number of aromatic nitrogens is 1. The lowest BCUT2D eigenvalue weighted by molar-refractivity contribution is 0.101. The Balaban J connectivity index is 2.92. The number of aryl methyl sites for hydroxylation is 1. The molecular formula is C13H12Cl3NO. The molecule has 18 heavy (non-hydrogen) atoms. The number of hydrogen-bond acceptors (Lipinski definition) is 1. The van der Waals surface area contributed by atoms with E-state index >= 15 is 0 Å². The molecule has 0 amide bonds. The number of benzene rings is 1. The maximum Gasteiger partial charge on any atom is 0.163 e. The van der Waals surface area contributed by atoms with Crippen LogP contribution in [0.5, 0.6) is 0 Å². The molecule has 0 saturated heterocycles. The molecule has 2 rings (SSSR count). The number of hydrogen-bond donors (Lipinski definition) is 0. The fourth-order valence-corrected chi connectivity index (χ4v) is 2.94. The van der Waals surface area contributed by atoms with Gasteiger partial charge in [-0.05, 0) is 19.4 Å². The SMILES string of the molecule is CCCn1c(Cl)c(C(C)=O)c2ccc(Cl)c(Cl)c21. The first-order chi connectivity index (χ1) is 8.49. The van der Waals surface area contributed by atoms with Crippen molar-refractivity contribution in [2.45, 2.75) is 26.8 Å². The molecule has 0 saturated carbocycles. The van der Waals surface area contributed by atoms with E-state index in [2.05, 4.69) is 0 Å². The molecule has 1 aromatic carbocycles. The Morgan fingerprint density at radius 3 is 2.50 bits per heavy atom. The molecule has 0 N–H and O–H groups in total. The van der Waals surface area contributed by atoms with Crippen LogP contribution in [0.2, 0.25) is 15.2 Å². The molecule has 2 nitrogen and oxygen atoms in total. The smallest absolute Gasteiger partial charge is 0.163 e. The third-order valence-electron chi connectivity index (χ3n) is 2.85. The lowest BCUT2D eigenvalue weighted by Gasteiger charge is -2.06. The van der Waals surface area contributed by atoms with E-state index in [9.17, 15) is 4.79 Å². The molecule has 0 aliphatic carbocycles. The van der Waals surface area contributed by atoms with E-state index in [-0.39, 0.29) is 5.78 Å². The number of Topliss-reactive ketones (excluding diaryl/α,β-unsaturated/α-hetero) is 1. The van der Waals surface area contributed by atoms with Crippen molar-refractivity contribution >= 4 is 51.5 Å². The fraction of sp³-hybridized carbons (Fsp3) is 0.308. The normalized spacial score (nSPS) is 11.2. The minimum Gasteiger partial charge on any atom is -0.330 e. The van der Waals surface area contributed by atoms with Crippen LogP contribution in [0, 0.1) is 0 Å². The van der Waals surface area contributed by atoms with Gasteiger partial charge in [0.1, 0.15) is 5.15 Å². The lowest BCUT2D eigenvalue weighted by atomic mass is 10.1. The Labute approximate surface area is 120 Å². The number of fused-ring (bicyclic) bond motifs is 1. The largest absolute Gasteiger partial charge is 0.330 e. The number of carbonyl (C=O) groups is 1. The van der Waals surface area contributed by atoms with Gasteiger partial charge in [0.25, 0.3) is 0 Å². The van der Waals surface area contributed by atoms with E-state index in [0.717, 1.165) is 17.3 Å². The first-order valence-electron chi connectivity index (χ1n) is 5.65. The van der Waals surface area contributed by atoms with Gasteiger partial charge in [-0.3, -0.25) is 4.79 Å². The molecule has 0 fully saturated rings. The molecule has 1 aromatic heterocycles. The van der Waals surface area contributed by atoms with E-state index in [1.807, 2.05) is 11.5 Å². The van der Waals surface area contributed by atoms with Crippen LogP contribution in [0.15, 0.2) is 12.1 Å². The number of carbonyl (C=O) groups excluding carboxylic acids is 1. The predicted molar refractivity (Wildman–Crippen MR) is 77.3 cm³/mol. The second kappa shape index (κ2) is 5.12. The Bertz CT molecular complexity index is 631. The first kappa shape index (κ1) is 13.7. The summed E-state index contributed by atoms with van der Waals surface area (Å²) in [5.41, 5.74) is 1.25. The van der Waals surface area contributed by atoms with Gasteiger partial charge in [0.2, 0.25) is 0 Å². The zero-order valence-electron chi connectivity index (χ0n) is 10.1. The average Bonchev–Trinajstić information content (AvgIpc) is 2.58. The highest BCUT2D eigenvalue weighted by Crippen LogP contribution is 2.38. The van der Waals surface area contributed by atoms with Crippen molar-refractivity contribution in [2.75, 3.05) is 0 Å². The molecule has 0 bridgehead atoms. The minimum absolute atomic E-state index is 0.0711. The second-order valence-electron chi connectivity index (χ2n) is 4.13. The number of rotatable bonds is 3. The molecule has 0 aliphatic rings. The Hall–Kier alpha value is -0.700. The molecule has 96 valence electrons. The highest BCUT2D eigenvalue weighted by molar-refractivity contribution is 6.46. The molecule has 0 atom stereocenters. The van der Waals surface area contributed by atoms with Crippen molar-refractivity contribution < 1.29 is 4.79 Å². The predicted octanol–water partition coefficient (Wildman–Crippen LogP) is 5.21. The number of ketones is 1. The molecular weight excluding hydrogens is 293 g/mol. The van der Waals surface area contributed by atoms with Crippen molar-refractivity contribution in [1.82, 2.24) is 4.57 Å².